The Hall–Kier alpha value is -1.83. The number of piperidine rings is 1. The molecule has 0 atom stereocenters. The highest BCUT2D eigenvalue weighted by molar-refractivity contribution is 7.21. The van der Waals surface area contributed by atoms with Crippen LogP contribution in [0.2, 0.25) is 0 Å². The van der Waals surface area contributed by atoms with E-state index >= 15 is 0 Å². The van der Waals surface area contributed by atoms with Gasteiger partial charge in [0, 0.05) is 49.1 Å². The third kappa shape index (κ3) is 3.19. The van der Waals surface area contributed by atoms with E-state index in [1.54, 1.807) is 0 Å². The molecule has 0 amide bonds. The predicted octanol–water partition coefficient (Wildman–Crippen LogP) is 1.95. The number of anilines is 2. The van der Waals surface area contributed by atoms with Crippen molar-refractivity contribution in [1.29, 1.82) is 0 Å². The number of rotatable bonds is 5. The number of fused-ring (bicyclic) bond motifs is 1. The van der Waals surface area contributed by atoms with Gasteiger partial charge in [-0.05, 0) is 18.9 Å². The molecule has 6 N–H and O–H groups in total. The average molecular weight is 348 g/mol. The van der Waals surface area contributed by atoms with E-state index in [1.807, 2.05) is 6.07 Å². The Bertz CT molecular complexity index is 751. The lowest BCUT2D eigenvalue weighted by atomic mass is 10.0. The molecule has 0 aliphatic carbocycles. The molecule has 130 valence electrons. The molecule has 6 nitrogen and oxygen atoms in total. The molecule has 2 aromatic rings. The number of ketones is 1. The zero-order chi connectivity index (χ0) is 17.3. The van der Waals surface area contributed by atoms with Crippen LogP contribution in [0.3, 0.4) is 0 Å². The predicted molar refractivity (Wildman–Crippen MR) is 100 cm³/mol. The van der Waals surface area contributed by atoms with Gasteiger partial charge in [0.2, 0.25) is 0 Å². The van der Waals surface area contributed by atoms with E-state index < -0.39 is 0 Å². The van der Waals surface area contributed by atoms with Crippen LogP contribution in [0.25, 0.3) is 10.1 Å². The molecule has 0 radical (unpaired) electrons. The van der Waals surface area contributed by atoms with E-state index in [0.29, 0.717) is 29.5 Å². The number of thiophene rings is 1. The first-order chi connectivity index (χ1) is 11.5. The van der Waals surface area contributed by atoms with Crippen molar-refractivity contribution in [2.75, 3.05) is 36.9 Å². The second kappa shape index (κ2) is 6.96. The molecule has 1 fully saturated rings. The molecule has 0 spiro atoms. The minimum absolute atomic E-state index is 0.0241. The number of hydrogen-bond donors (Lipinski definition) is 3. The van der Waals surface area contributed by atoms with Gasteiger partial charge in [-0.2, -0.15) is 0 Å². The summed E-state index contributed by atoms with van der Waals surface area (Å²) < 4.78 is 6.80. The quantitative estimate of drug-likeness (QED) is 0.713. The average Bonchev–Trinajstić information content (AvgIpc) is 2.90. The number of carbonyl (C=O) groups is 1. The van der Waals surface area contributed by atoms with Crippen LogP contribution in [0.1, 0.15) is 29.4 Å². The maximum Gasteiger partial charge on any atom is 0.171 e. The Morgan fingerprint density at radius 1 is 1.38 bits per heavy atom. The van der Waals surface area contributed by atoms with Gasteiger partial charge >= 0.3 is 0 Å². The van der Waals surface area contributed by atoms with Crippen LogP contribution in [0.4, 0.5) is 11.4 Å². The molecule has 1 aromatic heterocycles. The number of carbonyl (C=O) groups excluding carboxylic acids is 1. The maximum absolute atomic E-state index is 11.8. The van der Waals surface area contributed by atoms with Gasteiger partial charge in [0.05, 0.1) is 16.0 Å². The second-order valence-corrected chi connectivity index (χ2v) is 7.23. The van der Waals surface area contributed by atoms with Gasteiger partial charge in [0.1, 0.15) is 12.4 Å². The van der Waals surface area contributed by atoms with Crippen LogP contribution in [-0.4, -0.2) is 38.1 Å². The van der Waals surface area contributed by atoms with Gasteiger partial charge < -0.3 is 26.8 Å². The number of hydrogen-bond acceptors (Lipinski definition) is 7. The molecule has 3 rings (SSSR count). The fourth-order valence-electron chi connectivity index (χ4n) is 3.08. The fourth-order valence-corrected chi connectivity index (χ4v) is 4.15. The maximum atomic E-state index is 11.8. The highest BCUT2D eigenvalue weighted by Gasteiger charge is 2.21. The summed E-state index contributed by atoms with van der Waals surface area (Å²) in [6, 6.07) is 4.37. The summed E-state index contributed by atoms with van der Waals surface area (Å²) in [4.78, 5) is 14.7. The number of Topliss-reactive ketones (excluding diaryl/α,β-unsaturated/α-hetero) is 1. The highest BCUT2D eigenvalue weighted by atomic mass is 32.1. The van der Waals surface area contributed by atoms with Crippen LogP contribution < -0.4 is 26.8 Å². The van der Waals surface area contributed by atoms with E-state index in [1.165, 1.54) is 18.3 Å². The summed E-state index contributed by atoms with van der Waals surface area (Å²) in [6.45, 7) is 4.21. The van der Waals surface area contributed by atoms with Gasteiger partial charge in [0.25, 0.3) is 0 Å². The number of ether oxygens (including phenoxy) is 1. The van der Waals surface area contributed by atoms with Crippen LogP contribution in [-0.2, 0) is 0 Å². The van der Waals surface area contributed by atoms with Gasteiger partial charge in [0.15, 0.2) is 5.78 Å². The number of nitrogen functional groups attached to an aromatic ring is 1. The fraction of sp³-hybridized carbons (Fsp3) is 0.471. The normalized spacial score (nSPS) is 15.9. The molecular weight excluding hydrogens is 324 g/mol. The first-order valence-corrected chi connectivity index (χ1v) is 9.03. The molecule has 0 bridgehead atoms. The minimum Gasteiger partial charge on any atom is -0.491 e. The van der Waals surface area contributed by atoms with Gasteiger partial charge in [-0.25, -0.2) is 0 Å². The molecule has 1 aliphatic rings. The Kier molecular flexibility index (Phi) is 4.93. The van der Waals surface area contributed by atoms with Crippen molar-refractivity contribution in [2.24, 2.45) is 11.5 Å². The van der Waals surface area contributed by atoms with Crippen molar-refractivity contribution in [2.45, 2.75) is 25.8 Å². The number of nitrogens with zero attached hydrogens (tertiary/aromatic N) is 1. The molecule has 2 heterocycles. The first-order valence-electron chi connectivity index (χ1n) is 8.21. The smallest absolute Gasteiger partial charge is 0.171 e. The SMILES string of the molecule is CC(=O)c1sc2cc(N3CCC(N)CC3)cc(OCCN)c2c1N. The van der Waals surface area contributed by atoms with Crippen molar-refractivity contribution in [3.05, 3.63) is 17.0 Å². The third-order valence-corrected chi connectivity index (χ3v) is 5.63. The summed E-state index contributed by atoms with van der Waals surface area (Å²) in [5, 5.41) is 0.816. The number of nitrogens with two attached hydrogens (primary N) is 3. The highest BCUT2D eigenvalue weighted by Crippen LogP contribution is 2.43. The van der Waals surface area contributed by atoms with E-state index in [2.05, 4.69) is 11.0 Å². The van der Waals surface area contributed by atoms with Crippen molar-refractivity contribution < 1.29 is 9.53 Å². The summed E-state index contributed by atoms with van der Waals surface area (Å²) in [5.74, 6) is 0.674. The monoisotopic (exact) mass is 348 g/mol. The lowest BCUT2D eigenvalue weighted by Crippen LogP contribution is -2.39. The first kappa shape index (κ1) is 17.0. The summed E-state index contributed by atoms with van der Waals surface area (Å²) in [6.07, 6.45) is 1.95. The zero-order valence-electron chi connectivity index (χ0n) is 13.9. The third-order valence-electron chi connectivity index (χ3n) is 4.38. The van der Waals surface area contributed by atoms with Gasteiger partial charge in [-0.1, -0.05) is 0 Å². The summed E-state index contributed by atoms with van der Waals surface area (Å²) in [5.41, 5.74) is 19.4. The van der Waals surface area contributed by atoms with Crippen molar-refractivity contribution in [3.8, 4) is 5.75 Å². The van der Waals surface area contributed by atoms with E-state index in [-0.39, 0.29) is 11.8 Å². The van der Waals surface area contributed by atoms with Crippen molar-refractivity contribution >= 4 is 38.6 Å². The van der Waals surface area contributed by atoms with E-state index in [4.69, 9.17) is 21.9 Å². The molecule has 24 heavy (non-hydrogen) atoms. The van der Waals surface area contributed by atoms with Crippen LogP contribution in [0.15, 0.2) is 12.1 Å². The Balaban J connectivity index is 2.06. The van der Waals surface area contributed by atoms with E-state index in [0.717, 1.165) is 41.7 Å². The molecule has 0 saturated carbocycles. The standard InChI is InChI=1S/C17H24N4O2S/c1-10(22)17-16(20)15-13(23-7-4-18)8-12(9-14(15)24-17)21-5-2-11(19)3-6-21/h8-9,11H,2-7,18-20H2,1H3. The van der Waals surface area contributed by atoms with Crippen LogP contribution >= 0.6 is 11.3 Å². The second-order valence-electron chi connectivity index (χ2n) is 6.18. The van der Waals surface area contributed by atoms with Crippen molar-refractivity contribution in [3.63, 3.8) is 0 Å². The number of benzene rings is 1. The largest absolute Gasteiger partial charge is 0.491 e. The van der Waals surface area contributed by atoms with Crippen molar-refractivity contribution in [1.82, 2.24) is 0 Å². The van der Waals surface area contributed by atoms with E-state index in [9.17, 15) is 4.79 Å². The summed E-state index contributed by atoms with van der Waals surface area (Å²) >= 11 is 1.42. The Morgan fingerprint density at radius 2 is 2.08 bits per heavy atom. The van der Waals surface area contributed by atoms with Crippen LogP contribution in [0.5, 0.6) is 5.75 Å². The van der Waals surface area contributed by atoms with Crippen LogP contribution in [0, 0.1) is 0 Å². The Labute approximate surface area is 145 Å². The molecule has 1 aromatic carbocycles. The molecule has 0 unspecified atom stereocenters. The van der Waals surface area contributed by atoms with Gasteiger partial charge in [-0.15, -0.1) is 11.3 Å². The summed E-state index contributed by atoms with van der Waals surface area (Å²) in [7, 11) is 0. The van der Waals surface area contributed by atoms with Gasteiger partial charge in [-0.3, -0.25) is 4.79 Å². The minimum atomic E-state index is -0.0241. The lowest BCUT2D eigenvalue weighted by Gasteiger charge is -2.32. The Morgan fingerprint density at radius 3 is 2.71 bits per heavy atom. The molecule has 1 saturated heterocycles. The molecule has 7 heteroatoms. The lowest BCUT2D eigenvalue weighted by molar-refractivity contribution is 0.102. The molecular formula is C17H24N4O2S. The topological polar surface area (TPSA) is 108 Å². The zero-order valence-corrected chi connectivity index (χ0v) is 14.7. The molecule has 1 aliphatic heterocycles.